The summed E-state index contributed by atoms with van der Waals surface area (Å²) in [4.78, 5) is 19.7. The predicted octanol–water partition coefficient (Wildman–Crippen LogP) is 5.04. The molecule has 4 aromatic rings. The topological polar surface area (TPSA) is 63.1 Å². The number of fused-ring (bicyclic) bond motifs is 1. The second kappa shape index (κ2) is 8.35. The van der Waals surface area contributed by atoms with Crippen LogP contribution in [0, 0.1) is 0 Å². The molecule has 1 aliphatic heterocycles. The van der Waals surface area contributed by atoms with Crippen LogP contribution in [-0.2, 0) is 17.8 Å². The number of nitrogens with zero attached hydrogens (tertiary/aromatic N) is 4. The van der Waals surface area contributed by atoms with Crippen molar-refractivity contribution in [3.8, 4) is 11.4 Å². The summed E-state index contributed by atoms with van der Waals surface area (Å²) in [6.07, 6.45) is 0.954. The number of amides is 1. The fourth-order valence-corrected chi connectivity index (χ4v) is 4.04. The number of rotatable bonds is 5. The number of hydrogen-bond acceptors (Lipinski definition) is 4. The molecule has 5 rings (SSSR count). The van der Waals surface area contributed by atoms with Gasteiger partial charge >= 0.3 is 0 Å². The maximum Gasteiger partial charge on any atom is 0.249 e. The zero-order chi connectivity index (χ0) is 21.2. The Balaban J connectivity index is 1.46. The van der Waals surface area contributed by atoms with E-state index in [0.29, 0.717) is 11.8 Å². The summed E-state index contributed by atoms with van der Waals surface area (Å²) in [5, 5.41) is 7.66. The largest absolute Gasteiger partial charge is 0.324 e. The highest BCUT2D eigenvalue weighted by Gasteiger charge is 2.25. The van der Waals surface area contributed by atoms with E-state index in [1.807, 2.05) is 60.7 Å². The Bertz CT molecular complexity index is 1220. The van der Waals surface area contributed by atoms with E-state index in [4.69, 9.17) is 10.1 Å². The van der Waals surface area contributed by atoms with Crippen molar-refractivity contribution in [3.05, 3.63) is 88.9 Å². The molecule has 0 saturated heterocycles. The number of anilines is 3. The smallest absolute Gasteiger partial charge is 0.249 e. The summed E-state index contributed by atoms with van der Waals surface area (Å²) in [7, 11) is 0. The number of aromatic nitrogens is 3. The molecule has 7 heteroatoms. The van der Waals surface area contributed by atoms with E-state index in [2.05, 4.69) is 44.3 Å². The van der Waals surface area contributed by atoms with Crippen molar-refractivity contribution in [2.45, 2.75) is 13.0 Å². The first kappa shape index (κ1) is 19.5. The molecule has 6 nitrogen and oxygen atoms in total. The lowest BCUT2D eigenvalue weighted by Crippen LogP contribution is -2.21. The van der Waals surface area contributed by atoms with E-state index >= 15 is 0 Å². The molecule has 154 valence electrons. The number of benzene rings is 3. The van der Waals surface area contributed by atoms with Crippen LogP contribution in [-0.4, -0.2) is 27.2 Å². The van der Waals surface area contributed by atoms with Crippen LogP contribution in [0.5, 0.6) is 0 Å². The van der Waals surface area contributed by atoms with E-state index in [9.17, 15) is 4.79 Å². The number of nitrogens with one attached hydrogen (secondary N) is 1. The average molecular weight is 474 g/mol. The van der Waals surface area contributed by atoms with Crippen LogP contribution in [0.25, 0.3) is 11.4 Å². The molecule has 0 spiro atoms. The van der Waals surface area contributed by atoms with E-state index < -0.39 is 0 Å². The second-order valence-electron chi connectivity index (χ2n) is 7.34. The zero-order valence-electron chi connectivity index (χ0n) is 16.7. The second-order valence-corrected chi connectivity index (χ2v) is 8.26. The van der Waals surface area contributed by atoms with Gasteiger partial charge in [0.1, 0.15) is 6.54 Å². The van der Waals surface area contributed by atoms with Gasteiger partial charge in [0.25, 0.3) is 0 Å². The number of carbonyl (C=O) groups excluding carboxylic acids is 1. The minimum Gasteiger partial charge on any atom is -0.324 e. The molecule has 0 saturated carbocycles. The van der Waals surface area contributed by atoms with Gasteiger partial charge in [-0.25, -0.2) is 4.68 Å². The lowest BCUT2D eigenvalue weighted by molar-refractivity contribution is -0.116. The molecule has 0 bridgehead atoms. The van der Waals surface area contributed by atoms with Crippen molar-refractivity contribution in [3.63, 3.8) is 0 Å². The highest BCUT2D eigenvalue weighted by Crippen LogP contribution is 2.33. The highest BCUT2D eigenvalue weighted by atomic mass is 79.9. The van der Waals surface area contributed by atoms with Crippen LogP contribution in [0.3, 0.4) is 0 Å². The number of halogens is 1. The molecular weight excluding hydrogens is 454 g/mol. The lowest BCUT2D eigenvalue weighted by atomic mass is 10.2. The van der Waals surface area contributed by atoms with Gasteiger partial charge in [-0.3, -0.25) is 4.79 Å². The van der Waals surface area contributed by atoms with Gasteiger partial charge in [-0.05, 0) is 42.3 Å². The first-order valence-electron chi connectivity index (χ1n) is 10.1. The first-order valence-corrected chi connectivity index (χ1v) is 10.9. The monoisotopic (exact) mass is 473 g/mol. The maximum absolute atomic E-state index is 12.8. The van der Waals surface area contributed by atoms with Gasteiger partial charge in [-0.15, -0.1) is 5.10 Å². The Kier molecular flexibility index (Phi) is 5.26. The SMILES string of the molecule is O=C(Cn1nc(N2CCc3ccccc32)nc1-c1ccccc1)Nc1ccc(Br)cc1. The molecule has 1 aromatic heterocycles. The average Bonchev–Trinajstić information content (AvgIpc) is 3.40. The third-order valence-corrected chi connectivity index (χ3v) is 5.77. The first-order chi connectivity index (χ1) is 15.2. The minimum atomic E-state index is -0.155. The molecule has 0 atom stereocenters. The molecule has 31 heavy (non-hydrogen) atoms. The Morgan fingerprint density at radius 1 is 0.968 bits per heavy atom. The van der Waals surface area contributed by atoms with E-state index in [0.717, 1.165) is 34.4 Å². The van der Waals surface area contributed by atoms with Crippen molar-refractivity contribution >= 4 is 39.2 Å². The van der Waals surface area contributed by atoms with Gasteiger partial charge in [0.15, 0.2) is 5.82 Å². The van der Waals surface area contributed by atoms with Crippen LogP contribution in [0.2, 0.25) is 0 Å². The summed E-state index contributed by atoms with van der Waals surface area (Å²) >= 11 is 3.41. The Labute approximate surface area is 188 Å². The van der Waals surface area contributed by atoms with Crippen LogP contribution >= 0.6 is 15.9 Å². The summed E-state index contributed by atoms with van der Waals surface area (Å²) in [6, 6.07) is 25.6. The molecular formula is C24H20BrN5O. The maximum atomic E-state index is 12.8. The normalized spacial score (nSPS) is 12.6. The molecule has 1 aliphatic rings. The van der Waals surface area contributed by atoms with Gasteiger partial charge < -0.3 is 10.2 Å². The number of hydrogen-bond donors (Lipinski definition) is 1. The Morgan fingerprint density at radius 3 is 2.52 bits per heavy atom. The summed E-state index contributed by atoms with van der Waals surface area (Å²) in [5.41, 5.74) is 4.07. The molecule has 0 aliphatic carbocycles. The van der Waals surface area contributed by atoms with Crippen molar-refractivity contribution < 1.29 is 4.79 Å². The Morgan fingerprint density at radius 2 is 1.71 bits per heavy atom. The van der Waals surface area contributed by atoms with Crippen molar-refractivity contribution in [2.24, 2.45) is 0 Å². The number of carbonyl (C=O) groups is 1. The molecule has 3 aromatic carbocycles. The van der Waals surface area contributed by atoms with Crippen LogP contribution in [0.4, 0.5) is 17.3 Å². The van der Waals surface area contributed by atoms with Gasteiger partial charge in [0, 0.05) is 28.0 Å². The van der Waals surface area contributed by atoms with Crippen molar-refractivity contribution in [2.75, 3.05) is 16.8 Å². The molecule has 0 fully saturated rings. The number of para-hydroxylation sites is 1. The quantitative estimate of drug-likeness (QED) is 0.440. The van der Waals surface area contributed by atoms with Gasteiger partial charge in [-0.2, -0.15) is 4.98 Å². The van der Waals surface area contributed by atoms with E-state index in [1.165, 1.54) is 5.56 Å². The standard InChI is InChI=1S/C24H20BrN5O/c25-19-10-12-20(13-11-19)26-22(31)16-30-23(18-7-2-1-3-8-18)27-24(28-30)29-15-14-17-6-4-5-9-21(17)29/h1-13H,14-16H2,(H,26,31). The summed E-state index contributed by atoms with van der Waals surface area (Å²) in [6.45, 7) is 0.894. The molecule has 1 amide bonds. The van der Waals surface area contributed by atoms with Gasteiger partial charge in [-0.1, -0.05) is 64.5 Å². The zero-order valence-corrected chi connectivity index (χ0v) is 18.3. The fraction of sp³-hybridized carbons (Fsp3) is 0.125. The van der Waals surface area contributed by atoms with E-state index in [-0.39, 0.29) is 12.5 Å². The molecule has 0 radical (unpaired) electrons. The third kappa shape index (κ3) is 4.09. The summed E-state index contributed by atoms with van der Waals surface area (Å²) in [5.74, 6) is 1.13. The molecule has 0 unspecified atom stereocenters. The van der Waals surface area contributed by atoms with Crippen molar-refractivity contribution in [1.29, 1.82) is 0 Å². The fourth-order valence-electron chi connectivity index (χ4n) is 3.77. The van der Waals surface area contributed by atoms with Crippen LogP contribution in [0.1, 0.15) is 5.56 Å². The van der Waals surface area contributed by atoms with Crippen LogP contribution < -0.4 is 10.2 Å². The van der Waals surface area contributed by atoms with Gasteiger partial charge in [0.05, 0.1) is 0 Å². The predicted molar refractivity (Wildman–Crippen MR) is 125 cm³/mol. The lowest BCUT2D eigenvalue weighted by Gasteiger charge is -2.14. The minimum absolute atomic E-state index is 0.0722. The van der Waals surface area contributed by atoms with Crippen LogP contribution in [0.15, 0.2) is 83.3 Å². The Hall–Kier alpha value is -3.45. The van der Waals surface area contributed by atoms with Gasteiger partial charge in [0.2, 0.25) is 11.9 Å². The summed E-state index contributed by atoms with van der Waals surface area (Å²) < 4.78 is 2.64. The van der Waals surface area contributed by atoms with E-state index in [1.54, 1.807) is 4.68 Å². The van der Waals surface area contributed by atoms with Crippen molar-refractivity contribution in [1.82, 2.24) is 14.8 Å². The molecule has 2 heterocycles. The molecule has 1 N–H and O–H groups in total. The third-order valence-electron chi connectivity index (χ3n) is 5.24. The highest BCUT2D eigenvalue weighted by molar-refractivity contribution is 9.10.